The van der Waals surface area contributed by atoms with E-state index >= 15 is 0 Å². The summed E-state index contributed by atoms with van der Waals surface area (Å²) in [6.45, 7) is 4.99. The highest BCUT2D eigenvalue weighted by Crippen LogP contribution is 2.19. The Bertz CT molecular complexity index is 795. The Morgan fingerprint density at radius 3 is 2.17 bits per heavy atom. The molecule has 2 aromatic carbocycles. The standard InChI is InChI=1S/C18H19N3O3/c1-11-7-12(2)9-15(8-11)20-17(23)18(24)21(13(3)22)16-6-4-5-14(19)10-16/h4-10H,19H2,1-3H3,(H,20,23). The van der Waals surface area contributed by atoms with E-state index in [1.807, 2.05) is 19.9 Å². The van der Waals surface area contributed by atoms with Gasteiger partial charge in [0.25, 0.3) is 0 Å². The molecule has 0 aliphatic heterocycles. The molecule has 0 fully saturated rings. The van der Waals surface area contributed by atoms with Crippen LogP contribution in [-0.2, 0) is 14.4 Å². The number of carbonyl (C=O) groups is 3. The highest BCUT2D eigenvalue weighted by molar-refractivity contribution is 6.48. The zero-order valence-electron chi connectivity index (χ0n) is 13.8. The fourth-order valence-corrected chi connectivity index (χ4v) is 2.44. The molecule has 0 aliphatic rings. The molecule has 0 saturated heterocycles. The summed E-state index contributed by atoms with van der Waals surface area (Å²) in [5.41, 5.74) is 8.74. The summed E-state index contributed by atoms with van der Waals surface area (Å²) in [7, 11) is 0. The lowest BCUT2D eigenvalue weighted by Crippen LogP contribution is -2.42. The van der Waals surface area contributed by atoms with Gasteiger partial charge in [-0.1, -0.05) is 12.1 Å². The first kappa shape index (κ1) is 17.2. The summed E-state index contributed by atoms with van der Waals surface area (Å²) >= 11 is 0. The number of nitrogens with one attached hydrogen (secondary N) is 1. The maximum Gasteiger partial charge on any atom is 0.323 e. The highest BCUT2D eigenvalue weighted by atomic mass is 16.2. The summed E-state index contributed by atoms with van der Waals surface area (Å²) in [5, 5.41) is 2.53. The van der Waals surface area contributed by atoms with E-state index in [1.165, 1.54) is 13.0 Å². The number of imide groups is 1. The maximum absolute atomic E-state index is 12.4. The van der Waals surface area contributed by atoms with E-state index in [0.29, 0.717) is 11.4 Å². The predicted octanol–water partition coefficient (Wildman–Crippen LogP) is 2.40. The van der Waals surface area contributed by atoms with E-state index in [9.17, 15) is 14.4 Å². The van der Waals surface area contributed by atoms with Gasteiger partial charge in [-0.3, -0.25) is 14.4 Å². The minimum atomic E-state index is -0.966. The van der Waals surface area contributed by atoms with Crippen molar-refractivity contribution in [3.8, 4) is 0 Å². The molecule has 24 heavy (non-hydrogen) atoms. The minimum Gasteiger partial charge on any atom is -0.399 e. The summed E-state index contributed by atoms with van der Waals surface area (Å²) in [5.74, 6) is -2.42. The van der Waals surface area contributed by atoms with Crippen LogP contribution in [-0.4, -0.2) is 17.7 Å². The molecule has 3 amide bonds. The van der Waals surface area contributed by atoms with Crippen LogP contribution >= 0.6 is 0 Å². The van der Waals surface area contributed by atoms with E-state index < -0.39 is 17.7 Å². The molecule has 0 bridgehead atoms. The Morgan fingerprint density at radius 1 is 1.00 bits per heavy atom. The monoisotopic (exact) mass is 325 g/mol. The van der Waals surface area contributed by atoms with Gasteiger partial charge in [-0.05, 0) is 55.3 Å². The lowest BCUT2D eigenvalue weighted by molar-refractivity contribution is -0.136. The Morgan fingerprint density at radius 2 is 1.62 bits per heavy atom. The van der Waals surface area contributed by atoms with Gasteiger partial charge in [0, 0.05) is 18.3 Å². The number of hydrogen-bond acceptors (Lipinski definition) is 4. The lowest BCUT2D eigenvalue weighted by atomic mass is 10.1. The molecular weight excluding hydrogens is 306 g/mol. The fourth-order valence-electron chi connectivity index (χ4n) is 2.44. The van der Waals surface area contributed by atoms with Crippen molar-refractivity contribution in [3.05, 3.63) is 53.6 Å². The lowest BCUT2D eigenvalue weighted by Gasteiger charge is -2.19. The van der Waals surface area contributed by atoms with Gasteiger partial charge < -0.3 is 11.1 Å². The van der Waals surface area contributed by atoms with Gasteiger partial charge in [-0.15, -0.1) is 0 Å². The third-order valence-electron chi connectivity index (χ3n) is 3.32. The number of hydrogen-bond donors (Lipinski definition) is 2. The molecule has 0 aromatic heterocycles. The summed E-state index contributed by atoms with van der Waals surface area (Å²) in [6, 6.07) is 11.7. The van der Waals surface area contributed by atoms with Gasteiger partial charge in [-0.2, -0.15) is 0 Å². The van der Waals surface area contributed by atoms with Crippen molar-refractivity contribution in [2.45, 2.75) is 20.8 Å². The fraction of sp³-hybridized carbons (Fsp3) is 0.167. The third-order valence-corrected chi connectivity index (χ3v) is 3.32. The molecule has 2 aromatic rings. The van der Waals surface area contributed by atoms with Crippen LogP contribution in [0.25, 0.3) is 0 Å². The van der Waals surface area contributed by atoms with Crippen LogP contribution in [0.15, 0.2) is 42.5 Å². The van der Waals surface area contributed by atoms with Crippen LogP contribution in [0.3, 0.4) is 0 Å². The molecule has 2 rings (SSSR count). The number of nitrogens with zero attached hydrogens (tertiary/aromatic N) is 1. The van der Waals surface area contributed by atoms with Crippen molar-refractivity contribution in [2.75, 3.05) is 16.0 Å². The molecule has 0 heterocycles. The van der Waals surface area contributed by atoms with Gasteiger partial charge in [0.1, 0.15) is 0 Å². The topological polar surface area (TPSA) is 92.5 Å². The predicted molar refractivity (Wildman–Crippen MR) is 93.6 cm³/mol. The average Bonchev–Trinajstić information content (AvgIpc) is 2.45. The van der Waals surface area contributed by atoms with Crippen molar-refractivity contribution in [1.29, 1.82) is 0 Å². The molecule has 0 unspecified atom stereocenters. The molecule has 124 valence electrons. The molecule has 0 saturated carbocycles. The van der Waals surface area contributed by atoms with Gasteiger partial charge in [0.05, 0.1) is 5.69 Å². The second-order valence-electron chi connectivity index (χ2n) is 5.59. The average molecular weight is 325 g/mol. The first-order valence-electron chi connectivity index (χ1n) is 7.38. The van der Waals surface area contributed by atoms with Crippen molar-refractivity contribution >= 4 is 34.8 Å². The largest absolute Gasteiger partial charge is 0.399 e. The van der Waals surface area contributed by atoms with Crippen molar-refractivity contribution in [3.63, 3.8) is 0 Å². The summed E-state index contributed by atoms with van der Waals surface area (Å²) < 4.78 is 0. The number of carbonyl (C=O) groups excluding carboxylic acids is 3. The minimum absolute atomic E-state index is 0.253. The number of nitrogen functional groups attached to an aromatic ring is 1. The Labute approximate surface area is 140 Å². The molecule has 0 radical (unpaired) electrons. The van der Waals surface area contributed by atoms with Crippen molar-refractivity contribution in [1.82, 2.24) is 0 Å². The Kier molecular flexibility index (Phi) is 4.99. The zero-order valence-corrected chi connectivity index (χ0v) is 13.8. The van der Waals surface area contributed by atoms with Gasteiger partial charge >= 0.3 is 11.8 Å². The molecule has 0 spiro atoms. The van der Waals surface area contributed by atoms with Crippen LogP contribution < -0.4 is 16.0 Å². The van der Waals surface area contributed by atoms with Crippen LogP contribution in [0.1, 0.15) is 18.1 Å². The number of nitrogens with two attached hydrogens (primary N) is 1. The second-order valence-corrected chi connectivity index (χ2v) is 5.59. The molecule has 3 N–H and O–H groups in total. The van der Waals surface area contributed by atoms with E-state index in [0.717, 1.165) is 16.0 Å². The molecule has 0 atom stereocenters. The Balaban J connectivity index is 2.26. The SMILES string of the molecule is CC(=O)N(C(=O)C(=O)Nc1cc(C)cc(C)c1)c1cccc(N)c1. The van der Waals surface area contributed by atoms with Crippen LogP contribution in [0.5, 0.6) is 0 Å². The molecule has 0 aliphatic carbocycles. The zero-order chi connectivity index (χ0) is 17.9. The molecular formula is C18H19N3O3. The van der Waals surface area contributed by atoms with Gasteiger partial charge in [-0.25, -0.2) is 4.90 Å². The van der Waals surface area contributed by atoms with Crippen LogP contribution in [0.2, 0.25) is 0 Å². The quantitative estimate of drug-likeness (QED) is 0.655. The van der Waals surface area contributed by atoms with Crippen molar-refractivity contribution < 1.29 is 14.4 Å². The first-order valence-corrected chi connectivity index (χ1v) is 7.38. The number of aryl methyl sites for hydroxylation is 2. The maximum atomic E-state index is 12.4. The van der Waals surface area contributed by atoms with Gasteiger partial charge in [0.15, 0.2) is 0 Å². The normalized spacial score (nSPS) is 10.1. The first-order chi connectivity index (χ1) is 11.3. The highest BCUT2D eigenvalue weighted by Gasteiger charge is 2.27. The summed E-state index contributed by atoms with van der Waals surface area (Å²) in [6.07, 6.45) is 0. The van der Waals surface area contributed by atoms with E-state index in [2.05, 4.69) is 5.32 Å². The molecule has 6 nitrogen and oxygen atoms in total. The smallest absolute Gasteiger partial charge is 0.323 e. The summed E-state index contributed by atoms with van der Waals surface area (Å²) in [4.78, 5) is 37.3. The van der Waals surface area contributed by atoms with E-state index in [-0.39, 0.29) is 5.69 Å². The molecule has 6 heteroatoms. The Hall–Kier alpha value is -3.15. The van der Waals surface area contributed by atoms with Crippen LogP contribution in [0.4, 0.5) is 17.1 Å². The van der Waals surface area contributed by atoms with Crippen molar-refractivity contribution in [2.24, 2.45) is 0 Å². The van der Waals surface area contributed by atoms with Gasteiger partial charge in [0.2, 0.25) is 5.91 Å². The third kappa shape index (κ3) is 3.98. The van der Waals surface area contributed by atoms with E-state index in [4.69, 9.17) is 5.73 Å². The van der Waals surface area contributed by atoms with Crippen LogP contribution in [0, 0.1) is 13.8 Å². The van der Waals surface area contributed by atoms with E-state index in [1.54, 1.807) is 30.3 Å². The number of amides is 3. The number of rotatable bonds is 2. The second kappa shape index (κ2) is 6.95. The number of benzene rings is 2. The number of anilines is 3.